The highest BCUT2D eigenvalue weighted by atomic mass is 16.5. The van der Waals surface area contributed by atoms with Crippen LogP contribution < -0.4 is 21.4 Å². The molecule has 0 saturated heterocycles. The van der Waals surface area contributed by atoms with Gasteiger partial charge < -0.3 is 39.6 Å². The number of esters is 2. The predicted molar refractivity (Wildman–Crippen MR) is 520 cm³/mol. The number of aldehydes is 1. The van der Waals surface area contributed by atoms with Gasteiger partial charge in [-0.15, -0.1) is 0 Å². The Morgan fingerprint density at radius 1 is 0.496 bits per heavy atom. The molecule has 19 heteroatoms. The van der Waals surface area contributed by atoms with Crippen molar-refractivity contribution in [3.63, 3.8) is 0 Å². The number of aliphatic imine (C=N–C) groups is 4. The standard InChI is InChI=1S/C54H72N4O6.C54H74N4O5/c1-12-40-35(8)37(10)55-46(40)29-47-44(30-59)41(13-2)45(58-47)28-39-27-43-52(57-39)49(50(53(43)61)54(62)63)51-42(36(9)38(11)56-51)23-24-48(60)64-26-25-34(7)22-16-21-33(6)20-15-19-32(5)18-14-17-31(3)4;1-13-41-35(8)38(11)55-47(41)30-45-37(10)42(14-2)46(58-45)29-40-28-44-52(57-40)49(50(53(44)60)54(61)62)51-43(36(9)39(12)56-51)24-25-48(59)63-27-26-34(7)23-17-22-33(6)21-16-20-32(5)19-15-18-31(3)4/h12,25,27-33,36,42,50,55,57H,1,11,13-24,26H2,2-10H3,(H,62,63);13,26,28-33,36,43,50,55,57H,1,12,14-25,27H2,2-11H3,(H,61,62)/b34-25-,39-28-,47-29-;34-26-,40-29-,45-30-. The molecule has 10 rings (SSSR count). The molecule has 4 aromatic rings. The number of rotatable bonds is 47. The van der Waals surface area contributed by atoms with Crippen LogP contribution in [0, 0.1) is 98.7 Å². The number of allylic oxidation sites excluding steroid dienone is 8. The van der Waals surface area contributed by atoms with Crippen molar-refractivity contribution in [2.45, 2.75) is 286 Å². The van der Waals surface area contributed by atoms with Crippen LogP contribution in [-0.2, 0) is 33.4 Å². The third kappa shape index (κ3) is 25.5. The van der Waals surface area contributed by atoms with Crippen LogP contribution in [0.5, 0.6) is 0 Å². The summed E-state index contributed by atoms with van der Waals surface area (Å²) in [5, 5.41) is 22.8. The molecule has 0 aromatic carbocycles. The van der Waals surface area contributed by atoms with Gasteiger partial charge in [0.15, 0.2) is 17.9 Å². The van der Waals surface area contributed by atoms with E-state index in [2.05, 4.69) is 136 Å². The molecule has 127 heavy (non-hydrogen) atoms. The monoisotopic (exact) mass is 1730 g/mol. The first-order chi connectivity index (χ1) is 60.4. The normalized spacial score (nSPS) is 20.8. The van der Waals surface area contributed by atoms with E-state index in [1.54, 1.807) is 24.3 Å². The van der Waals surface area contributed by atoms with Crippen LogP contribution >= 0.6 is 0 Å². The Labute approximate surface area is 755 Å². The highest BCUT2D eigenvalue weighted by molar-refractivity contribution is 6.36. The number of fused-ring (bicyclic) bond motifs is 2. The highest BCUT2D eigenvalue weighted by Gasteiger charge is 2.48. The first kappa shape index (κ1) is 100. The van der Waals surface area contributed by atoms with Gasteiger partial charge in [-0.25, -0.2) is 9.98 Å². The Bertz CT molecular complexity index is 5430. The number of hydrogen-bond acceptors (Lipinski definition) is 13. The van der Waals surface area contributed by atoms with Crippen molar-refractivity contribution < 1.29 is 53.2 Å². The van der Waals surface area contributed by atoms with Crippen LogP contribution in [0.25, 0.3) is 47.6 Å². The van der Waals surface area contributed by atoms with Gasteiger partial charge in [-0.05, 0) is 212 Å². The van der Waals surface area contributed by atoms with E-state index in [4.69, 9.17) is 29.4 Å². The number of ketones is 2. The molecule has 684 valence electrons. The largest absolute Gasteiger partial charge is 0.480 e. The summed E-state index contributed by atoms with van der Waals surface area (Å²) in [6.45, 7) is 57.8. The molecule has 10 atom stereocenters. The summed E-state index contributed by atoms with van der Waals surface area (Å²) in [5.41, 5.74) is 19.8. The molecule has 4 aromatic heterocycles. The molecule has 0 bridgehead atoms. The third-order valence-corrected chi connectivity index (χ3v) is 27.4. The van der Waals surface area contributed by atoms with Crippen molar-refractivity contribution in [1.82, 2.24) is 19.9 Å². The number of aryl methyl sites for hydroxylation is 2. The zero-order chi connectivity index (χ0) is 92.9. The average molecular weight is 1730 g/mol. The van der Waals surface area contributed by atoms with Crippen LogP contribution in [-0.4, -0.2) is 108 Å². The maximum Gasteiger partial charge on any atom is 0.319 e. The summed E-state index contributed by atoms with van der Waals surface area (Å²) in [6.07, 6.45) is 40.7. The molecule has 0 saturated carbocycles. The molecular weight excluding hydrogens is 1590 g/mol. The van der Waals surface area contributed by atoms with Crippen molar-refractivity contribution in [1.29, 1.82) is 0 Å². The summed E-state index contributed by atoms with van der Waals surface area (Å²) < 4.78 is 11.3. The first-order valence-corrected chi connectivity index (χ1v) is 47.2. The van der Waals surface area contributed by atoms with Crippen molar-refractivity contribution in [3.05, 3.63) is 184 Å². The molecule has 2 aliphatic carbocycles. The van der Waals surface area contributed by atoms with E-state index in [0.29, 0.717) is 109 Å². The molecule has 6 N–H and O–H groups in total. The molecule has 0 spiro atoms. The lowest BCUT2D eigenvalue weighted by Gasteiger charge is -2.20. The minimum absolute atomic E-state index is 0.106. The molecule has 0 fully saturated rings. The maximum absolute atomic E-state index is 13.8. The van der Waals surface area contributed by atoms with E-state index >= 15 is 0 Å². The Kier molecular flexibility index (Phi) is 36.8. The second-order valence-corrected chi connectivity index (χ2v) is 38.1. The Balaban J connectivity index is 0.000000287. The zero-order valence-electron chi connectivity index (χ0n) is 79.8. The Morgan fingerprint density at radius 3 is 1.22 bits per heavy atom. The number of carbonyl (C=O) groups is 7. The number of nitrogens with zero attached hydrogens (tertiary/aromatic N) is 4. The van der Waals surface area contributed by atoms with Gasteiger partial charge in [-0.3, -0.25) is 43.5 Å². The smallest absolute Gasteiger partial charge is 0.319 e. The van der Waals surface area contributed by atoms with Gasteiger partial charge in [0, 0.05) is 120 Å². The van der Waals surface area contributed by atoms with Gasteiger partial charge in [0.25, 0.3) is 0 Å². The van der Waals surface area contributed by atoms with E-state index < -0.39 is 35.3 Å². The number of aromatic amines is 4. The number of ether oxygens (including phenoxy) is 2. The highest BCUT2D eigenvalue weighted by Crippen LogP contribution is 2.43. The van der Waals surface area contributed by atoms with Gasteiger partial charge in [-0.1, -0.05) is 223 Å². The molecule has 19 nitrogen and oxygen atoms in total. The van der Waals surface area contributed by atoms with E-state index in [1.807, 2.05) is 78.0 Å². The number of nitrogens with one attached hydrogen (secondary N) is 4. The minimum atomic E-state index is -1.45. The second-order valence-electron chi connectivity index (χ2n) is 38.1. The number of carboxylic acid groups (broad SMARTS) is 2. The fraction of sp³-hybridized carbons (Fsp3) is 0.528. The lowest BCUT2D eigenvalue weighted by atomic mass is 9.81. The fourth-order valence-corrected chi connectivity index (χ4v) is 19.1. The number of H-pyrrole nitrogens is 4. The predicted octanol–water partition coefficient (Wildman–Crippen LogP) is 22.3. The number of Topliss-reactive ketones (excluding diaryl/α,β-unsaturated/α-hetero) is 2. The average Bonchev–Trinajstić information content (AvgIpc) is 1.58. The molecule has 10 unspecified atom stereocenters. The van der Waals surface area contributed by atoms with Crippen molar-refractivity contribution in [3.8, 4) is 0 Å². The lowest BCUT2D eigenvalue weighted by Crippen LogP contribution is -2.30. The van der Waals surface area contributed by atoms with Gasteiger partial charge in [0.2, 0.25) is 0 Å². The lowest BCUT2D eigenvalue weighted by molar-refractivity contribution is -0.143. The second kappa shape index (κ2) is 46.5. The van der Waals surface area contributed by atoms with Crippen LogP contribution in [0.4, 0.5) is 0 Å². The van der Waals surface area contributed by atoms with Crippen LogP contribution in [0.3, 0.4) is 0 Å². The first-order valence-electron chi connectivity index (χ1n) is 47.2. The summed E-state index contributed by atoms with van der Waals surface area (Å²) in [4.78, 5) is 125. The number of aromatic nitrogens is 4. The van der Waals surface area contributed by atoms with Crippen LogP contribution in [0.1, 0.15) is 324 Å². The van der Waals surface area contributed by atoms with Crippen molar-refractivity contribution in [2.24, 2.45) is 91.0 Å². The van der Waals surface area contributed by atoms with Crippen molar-refractivity contribution >= 4 is 112 Å². The quantitative estimate of drug-likeness (QED) is 0.0105. The van der Waals surface area contributed by atoms with E-state index in [1.165, 1.54) is 101 Å². The summed E-state index contributed by atoms with van der Waals surface area (Å²) in [7, 11) is 0. The van der Waals surface area contributed by atoms with Crippen molar-refractivity contribution in [2.75, 3.05) is 13.2 Å². The number of carbonyl (C=O) groups excluding carboxylic acids is 5. The maximum atomic E-state index is 13.8. The van der Waals surface area contributed by atoms with Crippen LogP contribution in [0.2, 0.25) is 0 Å². The molecule has 8 heterocycles. The molecular formula is C108H146N8O11. The van der Waals surface area contributed by atoms with E-state index in [9.17, 15) is 43.8 Å². The van der Waals surface area contributed by atoms with Gasteiger partial charge in [0.05, 0.1) is 44.9 Å². The molecule has 0 amide bonds. The fourth-order valence-electron chi connectivity index (χ4n) is 19.1. The number of hydrogen-bond donors (Lipinski definition) is 6. The minimum Gasteiger partial charge on any atom is -0.480 e. The van der Waals surface area contributed by atoms with Gasteiger partial charge in [0.1, 0.15) is 25.0 Å². The summed E-state index contributed by atoms with van der Waals surface area (Å²) >= 11 is 0. The van der Waals surface area contributed by atoms with Crippen LogP contribution in [0.15, 0.2) is 127 Å². The molecule has 4 aliphatic heterocycles. The Morgan fingerprint density at radius 2 is 0.858 bits per heavy atom. The molecule has 6 aliphatic rings. The third-order valence-electron chi connectivity index (χ3n) is 27.4. The van der Waals surface area contributed by atoms with E-state index in [0.717, 1.165) is 135 Å². The van der Waals surface area contributed by atoms with Gasteiger partial charge >= 0.3 is 23.9 Å². The molecule has 0 radical (unpaired) electrons. The number of carboxylic acids is 2. The zero-order valence-corrected chi connectivity index (χ0v) is 79.8. The topological polar surface area (TPSA) is 291 Å². The van der Waals surface area contributed by atoms with Gasteiger partial charge in [-0.2, -0.15) is 0 Å². The SMILES string of the molecule is C=Cc1c(/C=C2N=C(/C=c3/cc4c([nH]3)=C(C3=NC(=C)C(C)C3CCC(=O)OC/C=C(/C)CCCC(C)CCCC(C)CCCC(C)C)C(C(=O)O)C4=O)C(CC)=C\2C)[nH]c(C)c1C.C=Cc1c(/C=C2N=C(/C=c3/cc4c([nH]3)=C(C3=NC(=C)C(C)C3CCC(=O)OC/C=C(/C)CCCC(C)CCCC(C)CCCC(C)C)C(C(=O)O)C4=O)C(CC)=C\2C=O)[nH]c(C)c1C. The van der Waals surface area contributed by atoms with E-state index in [-0.39, 0.29) is 67.2 Å². The Hall–Kier alpha value is -10.4. The number of aliphatic carboxylic acids is 2. The summed E-state index contributed by atoms with van der Waals surface area (Å²) in [5.74, 6) is -3.44. The summed E-state index contributed by atoms with van der Waals surface area (Å²) in [6, 6.07) is 3.36.